The first-order chi connectivity index (χ1) is 16.1. The van der Waals surface area contributed by atoms with E-state index in [0.29, 0.717) is 23.0 Å². The minimum absolute atomic E-state index is 0.0640. The molecule has 5 heterocycles. The molecule has 33 heavy (non-hydrogen) atoms. The maximum atomic E-state index is 13.1. The third-order valence-corrected chi connectivity index (χ3v) is 7.52. The number of likely N-dealkylation sites (tertiary alicyclic amines) is 1. The lowest BCUT2D eigenvalue weighted by Crippen LogP contribution is -2.44. The second-order valence-electron chi connectivity index (χ2n) is 9.61. The average Bonchev–Trinajstić information content (AvgIpc) is 3.22. The molecule has 7 heteroatoms. The Balaban J connectivity index is 1.30. The van der Waals surface area contributed by atoms with E-state index in [2.05, 4.69) is 28.0 Å². The lowest BCUT2D eigenvalue weighted by molar-refractivity contribution is 0.0975. The molecule has 7 nitrogen and oxygen atoms in total. The van der Waals surface area contributed by atoms with Crippen molar-refractivity contribution in [3.8, 4) is 11.4 Å². The number of nitrogens with zero attached hydrogens (tertiary/aromatic N) is 6. The van der Waals surface area contributed by atoms with E-state index in [1.165, 1.54) is 37.9 Å². The van der Waals surface area contributed by atoms with Gasteiger partial charge in [-0.15, -0.1) is 0 Å². The Labute approximate surface area is 193 Å². The summed E-state index contributed by atoms with van der Waals surface area (Å²) in [6, 6.07) is 8.54. The van der Waals surface area contributed by atoms with Crippen molar-refractivity contribution in [1.82, 2.24) is 28.9 Å². The van der Waals surface area contributed by atoms with Crippen LogP contribution in [0.2, 0.25) is 0 Å². The predicted molar refractivity (Wildman–Crippen MR) is 129 cm³/mol. The number of pyridine rings is 1. The molecule has 0 aromatic carbocycles. The van der Waals surface area contributed by atoms with E-state index in [4.69, 9.17) is 4.98 Å². The highest BCUT2D eigenvalue weighted by Gasteiger charge is 2.29. The highest BCUT2D eigenvalue weighted by molar-refractivity contribution is 5.66. The zero-order valence-electron chi connectivity index (χ0n) is 19.4. The molecule has 2 fully saturated rings. The summed E-state index contributed by atoms with van der Waals surface area (Å²) in [6.45, 7) is 6.39. The van der Waals surface area contributed by atoms with Crippen LogP contribution in [-0.4, -0.2) is 48.0 Å². The summed E-state index contributed by atoms with van der Waals surface area (Å²) in [5.74, 6) is 0.513. The van der Waals surface area contributed by atoms with Crippen LogP contribution in [0.25, 0.3) is 22.6 Å². The number of rotatable bonds is 4. The summed E-state index contributed by atoms with van der Waals surface area (Å²) in [5.41, 5.74) is 6.03. The molecule has 4 aromatic rings. The number of piperidine rings is 1. The van der Waals surface area contributed by atoms with Crippen LogP contribution in [0.15, 0.2) is 41.5 Å². The molecule has 1 aliphatic carbocycles. The van der Waals surface area contributed by atoms with Crippen molar-refractivity contribution in [2.75, 3.05) is 13.1 Å². The second kappa shape index (κ2) is 8.06. The normalized spacial score (nSPS) is 18.2. The van der Waals surface area contributed by atoms with Gasteiger partial charge < -0.3 is 4.90 Å². The Kier molecular flexibility index (Phi) is 5.02. The van der Waals surface area contributed by atoms with Crippen molar-refractivity contribution in [1.29, 1.82) is 0 Å². The molecule has 170 valence electrons. The number of aryl methyl sites for hydroxylation is 2. The Morgan fingerprint density at radius 1 is 1.00 bits per heavy atom. The van der Waals surface area contributed by atoms with Crippen molar-refractivity contribution in [2.24, 2.45) is 0 Å². The van der Waals surface area contributed by atoms with Crippen LogP contribution in [0.5, 0.6) is 0 Å². The standard InChI is InChI=1S/C26H30N6O/c1-3-21-24-13-23(29-32(24)15-17(2)27-21)22-14-26(33)31-16-19(7-8-25(31)28-22)18-9-11-30(12-10-18)20-5-4-6-20/h7-8,13-16,18,20H,3-6,9-12H2,1-2H3. The average molecular weight is 443 g/mol. The minimum atomic E-state index is -0.0640. The van der Waals surface area contributed by atoms with Gasteiger partial charge in [-0.3, -0.25) is 14.2 Å². The first kappa shape index (κ1) is 20.5. The molecular formula is C26H30N6O. The van der Waals surface area contributed by atoms with E-state index >= 15 is 0 Å². The van der Waals surface area contributed by atoms with Crippen LogP contribution < -0.4 is 5.56 Å². The molecule has 0 N–H and O–H groups in total. The van der Waals surface area contributed by atoms with Gasteiger partial charge in [-0.05, 0) is 75.7 Å². The van der Waals surface area contributed by atoms with Gasteiger partial charge in [0.15, 0.2) is 0 Å². The van der Waals surface area contributed by atoms with Gasteiger partial charge in [0.05, 0.1) is 28.8 Å². The summed E-state index contributed by atoms with van der Waals surface area (Å²) in [6.07, 6.45) is 11.2. The summed E-state index contributed by atoms with van der Waals surface area (Å²) >= 11 is 0. The predicted octanol–water partition coefficient (Wildman–Crippen LogP) is 4.01. The van der Waals surface area contributed by atoms with Crippen LogP contribution in [0.4, 0.5) is 0 Å². The molecule has 4 aromatic heterocycles. The number of aromatic nitrogens is 5. The van der Waals surface area contributed by atoms with Gasteiger partial charge in [0, 0.05) is 18.3 Å². The Morgan fingerprint density at radius 3 is 2.55 bits per heavy atom. The molecule has 0 atom stereocenters. The Bertz CT molecular complexity index is 1390. The van der Waals surface area contributed by atoms with Crippen LogP contribution in [-0.2, 0) is 6.42 Å². The molecule has 1 saturated carbocycles. The van der Waals surface area contributed by atoms with Crippen molar-refractivity contribution >= 4 is 11.2 Å². The van der Waals surface area contributed by atoms with Crippen LogP contribution in [0.3, 0.4) is 0 Å². The lowest BCUT2D eigenvalue weighted by Gasteiger charge is -2.41. The first-order valence-corrected chi connectivity index (χ1v) is 12.2. The van der Waals surface area contributed by atoms with Gasteiger partial charge in [0.2, 0.25) is 0 Å². The van der Waals surface area contributed by atoms with Crippen LogP contribution in [0.1, 0.15) is 61.9 Å². The summed E-state index contributed by atoms with van der Waals surface area (Å²) in [4.78, 5) is 25.1. The SMILES string of the molecule is CCc1nc(C)cn2nc(-c3cc(=O)n4cc(C5CCN(C6CCC6)CC5)ccc4n3)cc12. The van der Waals surface area contributed by atoms with Gasteiger partial charge in [0.1, 0.15) is 11.3 Å². The van der Waals surface area contributed by atoms with Crippen molar-refractivity contribution in [2.45, 2.75) is 64.3 Å². The number of hydrogen-bond acceptors (Lipinski definition) is 5. The lowest BCUT2D eigenvalue weighted by atomic mass is 9.86. The van der Waals surface area contributed by atoms with E-state index in [0.717, 1.165) is 42.2 Å². The largest absolute Gasteiger partial charge is 0.300 e. The van der Waals surface area contributed by atoms with Gasteiger partial charge in [0.25, 0.3) is 5.56 Å². The van der Waals surface area contributed by atoms with Crippen LogP contribution >= 0.6 is 0 Å². The summed E-state index contributed by atoms with van der Waals surface area (Å²) < 4.78 is 3.54. The quantitative estimate of drug-likeness (QED) is 0.478. The van der Waals surface area contributed by atoms with Gasteiger partial charge in [-0.1, -0.05) is 19.4 Å². The molecule has 0 unspecified atom stereocenters. The zero-order valence-corrected chi connectivity index (χ0v) is 19.4. The molecule has 0 spiro atoms. The van der Waals surface area contributed by atoms with Gasteiger partial charge >= 0.3 is 0 Å². The first-order valence-electron chi connectivity index (χ1n) is 12.2. The number of hydrogen-bond donors (Lipinski definition) is 0. The van der Waals surface area contributed by atoms with Crippen LogP contribution in [0, 0.1) is 6.92 Å². The van der Waals surface area contributed by atoms with Crippen molar-refractivity contribution < 1.29 is 0 Å². The van der Waals surface area contributed by atoms with Gasteiger partial charge in [-0.2, -0.15) is 5.10 Å². The summed E-state index contributed by atoms with van der Waals surface area (Å²) in [5, 5.41) is 4.69. The minimum Gasteiger partial charge on any atom is -0.300 e. The van der Waals surface area contributed by atoms with E-state index in [1.54, 1.807) is 10.5 Å². The fourth-order valence-electron chi connectivity index (χ4n) is 5.41. The third kappa shape index (κ3) is 3.64. The monoisotopic (exact) mass is 442 g/mol. The fourth-order valence-corrected chi connectivity index (χ4v) is 5.41. The topological polar surface area (TPSA) is 67.8 Å². The molecule has 1 aliphatic heterocycles. The highest BCUT2D eigenvalue weighted by atomic mass is 16.1. The Hall–Kier alpha value is -3.06. The third-order valence-electron chi connectivity index (χ3n) is 7.52. The molecular weight excluding hydrogens is 412 g/mol. The molecule has 0 amide bonds. The molecule has 0 radical (unpaired) electrons. The van der Waals surface area contributed by atoms with E-state index < -0.39 is 0 Å². The highest BCUT2D eigenvalue weighted by Crippen LogP contribution is 2.33. The van der Waals surface area contributed by atoms with Crippen molar-refractivity contribution in [3.63, 3.8) is 0 Å². The number of fused-ring (bicyclic) bond motifs is 2. The van der Waals surface area contributed by atoms with E-state index in [9.17, 15) is 4.79 Å². The van der Waals surface area contributed by atoms with E-state index in [1.807, 2.05) is 36.0 Å². The smallest absolute Gasteiger partial charge is 0.258 e. The van der Waals surface area contributed by atoms with E-state index in [-0.39, 0.29) is 5.56 Å². The molecule has 0 bridgehead atoms. The zero-order chi connectivity index (χ0) is 22.5. The van der Waals surface area contributed by atoms with Gasteiger partial charge in [-0.25, -0.2) is 9.50 Å². The maximum absolute atomic E-state index is 13.1. The molecule has 1 saturated heterocycles. The molecule has 2 aliphatic rings. The maximum Gasteiger partial charge on any atom is 0.258 e. The second-order valence-corrected chi connectivity index (χ2v) is 9.61. The fraction of sp³-hybridized carbons (Fsp3) is 0.462. The van der Waals surface area contributed by atoms with Crippen molar-refractivity contribution in [3.05, 3.63) is 64.0 Å². The summed E-state index contributed by atoms with van der Waals surface area (Å²) in [7, 11) is 0. The molecule has 6 rings (SSSR count). The Morgan fingerprint density at radius 2 is 1.82 bits per heavy atom.